The SMILES string of the molecule is CNC(c1ccc(OC)c(Cl)c1)c1ccc(Br)s1. The third-order valence-corrected chi connectivity index (χ3v) is 4.66. The third-order valence-electron chi connectivity index (χ3n) is 2.68. The molecule has 0 radical (unpaired) electrons. The number of thiophene rings is 1. The lowest BCUT2D eigenvalue weighted by Gasteiger charge is -2.16. The van der Waals surface area contributed by atoms with E-state index in [0.29, 0.717) is 10.8 Å². The molecule has 0 spiro atoms. The maximum absolute atomic E-state index is 6.16. The van der Waals surface area contributed by atoms with E-state index in [1.165, 1.54) is 4.88 Å². The van der Waals surface area contributed by atoms with Crippen LogP contribution in [0.3, 0.4) is 0 Å². The summed E-state index contributed by atoms with van der Waals surface area (Å²) in [4.78, 5) is 1.24. The Balaban J connectivity index is 2.36. The highest BCUT2D eigenvalue weighted by molar-refractivity contribution is 9.11. The van der Waals surface area contributed by atoms with E-state index < -0.39 is 0 Å². The Kier molecular flexibility index (Phi) is 4.67. The molecular weight excluding hydrogens is 334 g/mol. The Hall–Kier alpha value is -0.550. The van der Waals surface area contributed by atoms with Crippen LogP contribution < -0.4 is 10.1 Å². The quantitative estimate of drug-likeness (QED) is 0.881. The van der Waals surface area contributed by atoms with Crippen molar-refractivity contribution >= 4 is 38.9 Å². The predicted octanol–water partition coefficient (Wildman–Crippen LogP) is 4.48. The molecule has 1 heterocycles. The second-order valence-electron chi connectivity index (χ2n) is 3.76. The van der Waals surface area contributed by atoms with Gasteiger partial charge in [-0.05, 0) is 52.8 Å². The predicted molar refractivity (Wildman–Crippen MR) is 80.9 cm³/mol. The van der Waals surface area contributed by atoms with Crippen LogP contribution in [0.2, 0.25) is 5.02 Å². The van der Waals surface area contributed by atoms with Crippen molar-refractivity contribution in [1.29, 1.82) is 0 Å². The smallest absolute Gasteiger partial charge is 0.137 e. The first kappa shape index (κ1) is 13.9. The minimum atomic E-state index is 0.143. The molecule has 0 aliphatic carbocycles. The van der Waals surface area contributed by atoms with Gasteiger partial charge in [-0.2, -0.15) is 0 Å². The van der Waals surface area contributed by atoms with Gasteiger partial charge in [0.15, 0.2) is 0 Å². The molecule has 2 nitrogen and oxygen atoms in total. The van der Waals surface area contributed by atoms with E-state index in [2.05, 4.69) is 33.4 Å². The van der Waals surface area contributed by atoms with Crippen molar-refractivity contribution in [2.24, 2.45) is 0 Å². The number of hydrogen-bond acceptors (Lipinski definition) is 3. The van der Waals surface area contributed by atoms with Gasteiger partial charge in [-0.3, -0.25) is 0 Å². The fourth-order valence-electron chi connectivity index (χ4n) is 1.82. The monoisotopic (exact) mass is 345 g/mol. The first-order chi connectivity index (χ1) is 8.65. The molecule has 1 N–H and O–H groups in total. The van der Waals surface area contributed by atoms with Gasteiger partial charge >= 0.3 is 0 Å². The zero-order valence-electron chi connectivity index (χ0n) is 10.0. The van der Waals surface area contributed by atoms with Crippen molar-refractivity contribution in [3.05, 3.63) is 49.6 Å². The van der Waals surface area contributed by atoms with E-state index in [-0.39, 0.29) is 6.04 Å². The van der Waals surface area contributed by atoms with Crippen LogP contribution in [0.25, 0.3) is 0 Å². The van der Waals surface area contributed by atoms with E-state index in [0.717, 1.165) is 9.35 Å². The van der Waals surface area contributed by atoms with E-state index in [9.17, 15) is 0 Å². The molecule has 1 aromatic carbocycles. The molecular formula is C13H13BrClNOS. The van der Waals surface area contributed by atoms with Crippen molar-refractivity contribution in [1.82, 2.24) is 5.32 Å². The minimum Gasteiger partial charge on any atom is -0.495 e. The maximum Gasteiger partial charge on any atom is 0.137 e. The van der Waals surface area contributed by atoms with Crippen molar-refractivity contribution in [2.45, 2.75) is 6.04 Å². The van der Waals surface area contributed by atoms with Gasteiger partial charge in [-0.25, -0.2) is 0 Å². The highest BCUT2D eigenvalue weighted by Gasteiger charge is 2.15. The largest absolute Gasteiger partial charge is 0.495 e. The zero-order valence-corrected chi connectivity index (χ0v) is 13.2. The van der Waals surface area contributed by atoms with Crippen molar-refractivity contribution in [3.63, 3.8) is 0 Å². The summed E-state index contributed by atoms with van der Waals surface area (Å²) >= 11 is 11.4. The highest BCUT2D eigenvalue weighted by Crippen LogP contribution is 2.34. The lowest BCUT2D eigenvalue weighted by molar-refractivity contribution is 0.414. The van der Waals surface area contributed by atoms with E-state index in [1.54, 1.807) is 18.4 Å². The topological polar surface area (TPSA) is 21.3 Å². The average molecular weight is 347 g/mol. The first-order valence-electron chi connectivity index (χ1n) is 5.41. The van der Waals surface area contributed by atoms with Crippen molar-refractivity contribution in [2.75, 3.05) is 14.2 Å². The summed E-state index contributed by atoms with van der Waals surface area (Å²) in [6.45, 7) is 0. The summed E-state index contributed by atoms with van der Waals surface area (Å²) in [5.74, 6) is 0.697. The number of ether oxygens (including phenoxy) is 1. The van der Waals surface area contributed by atoms with Crippen LogP contribution in [0.1, 0.15) is 16.5 Å². The molecule has 5 heteroatoms. The molecule has 0 aliphatic heterocycles. The lowest BCUT2D eigenvalue weighted by Crippen LogP contribution is -2.16. The number of hydrogen-bond donors (Lipinski definition) is 1. The van der Waals surface area contributed by atoms with Gasteiger partial charge in [-0.15, -0.1) is 11.3 Å². The molecule has 0 aliphatic rings. The average Bonchev–Trinajstić information content (AvgIpc) is 2.77. The van der Waals surface area contributed by atoms with Crippen molar-refractivity contribution < 1.29 is 4.74 Å². The van der Waals surface area contributed by atoms with Crippen LogP contribution >= 0.6 is 38.9 Å². The van der Waals surface area contributed by atoms with Gasteiger partial charge in [0.2, 0.25) is 0 Å². The van der Waals surface area contributed by atoms with Crippen LogP contribution in [0.15, 0.2) is 34.1 Å². The highest BCUT2D eigenvalue weighted by atomic mass is 79.9. The molecule has 2 rings (SSSR count). The summed E-state index contributed by atoms with van der Waals surface area (Å²) in [6, 6.07) is 10.2. The fourth-order valence-corrected chi connectivity index (χ4v) is 3.65. The summed E-state index contributed by atoms with van der Waals surface area (Å²) in [5.41, 5.74) is 1.12. The van der Waals surface area contributed by atoms with Crippen LogP contribution in [0.4, 0.5) is 0 Å². The van der Waals surface area contributed by atoms with E-state index >= 15 is 0 Å². The molecule has 0 saturated heterocycles. The van der Waals surface area contributed by atoms with Gasteiger partial charge in [0.25, 0.3) is 0 Å². The van der Waals surface area contributed by atoms with Gasteiger partial charge < -0.3 is 10.1 Å². The molecule has 18 heavy (non-hydrogen) atoms. The second kappa shape index (κ2) is 6.06. The van der Waals surface area contributed by atoms with Gasteiger partial charge in [0.1, 0.15) is 5.75 Å². The summed E-state index contributed by atoms with van der Waals surface area (Å²) in [6.07, 6.45) is 0. The molecule has 96 valence electrons. The Morgan fingerprint density at radius 3 is 2.61 bits per heavy atom. The van der Waals surface area contributed by atoms with Gasteiger partial charge in [0.05, 0.1) is 22.0 Å². The standard InChI is InChI=1S/C13H13BrClNOS/c1-16-13(11-5-6-12(14)18-11)8-3-4-10(17-2)9(15)7-8/h3-7,13,16H,1-2H3. The summed E-state index contributed by atoms with van der Waals surface area (Å²) in [7, 11) is 3.56. The molecule has 1 atom stereocenters. The molecule has 0 bridgehead atoms. The minimum absolute atomic E-state index is 0.143. The number of benzene rings is 1. The number of rotatable bonds is 4. The number of halogens is 2. The molecule has 1 aromatic heterocycles. The van der Waals surface area contributed by atoms with Crippen molar-refractivity contribution in [3.8, 4) is 5.75 Å². The van der Waals surface area contributed by atoms with Crippen LogP contribution in [0.5, 0.6) is 5.75 Å². The molecule has 0 amide bonds. The molecule has 0 fully saturated rings. The molecule has 1 unspecified atom stereocenters. The normalized spacial score (nSPS) is 12.4. The van der Waals surface area contributed by atoms with Crippen LogP contribution in [0, 0.1) is 0 Å². The number of nitrogens with one attached hydrogen (secondary N) is 1. The first-order valence-corrected chi connectivity index (χ1v) is 7.40. The zero-order chi connectivity index (χ0) is 13.1. The summed E-state index contributed by atoms with van der Waals surface area (Å²) in [5, 5.41) is 3.93. The van der Waals surface area contributed by atoms with Gasteiger partial charge in [0, 0.05) is 4.88 Å². The molecule has 2 aromatic rings. The Morgan fingerprint density at radius 2 is 2.11 bits per heavy atom. The summed E-state index contributed by atoms with van der Waals surface area (Å²) < 4.78 is 6.29. The lowest BCUT2D eigenvalue weighted by atomic mass is 10.1. The van der Waals surface area contributed by atoms with E-state index in [1.807, 2.05) is 25.2 Å². The fraction of sp³-hybridized carbons (Fsp3) is 0.231. The van der Waals surface area contributed by atoms with Crippen LogP contribution in [-0.2, 0) is 0 Å². The molecule has 0 saturated carbocycles. The third kappa shape index (κ3) is 2.88. The Labute approximate surface area is 124 Å². The Morgan fingerprint density at radius 1 is 1.33 bits per heavy atom. The second-order valence-corrected chi connectivity index (χ2v) is 6.66. The number of methoxy groups -OCH3 is 1. The Bertz CT molecular complexity index is 544. The van der Waals surface area contributed by atoms with Gasteiger partial charge in [-0.1, -0.05) is 17.7 Å². The maximum atomic E-state index is 6.16. The van der Waals surface area contributed by atoms with Crippen LogP contribution in [-0.4, -0.2) is 14.2 Å². The van der Waals surface area contributed by atoms with E-state index in [4.69, 9.17) is 16.3 Å².